The third-order valence-corrected chi connectivity index (χ3v) is 3.99. The second-order valence-electron chi connectivity index (χ2n) is 5.58. The number of hydrogen-bond donors (Lipinski definition) is 2. The molecule has 1 rings (SSSR count). The number of aliphatic imine (C=N–C) groups is 1. The van der Waals surface area contributed by atoms with E-state index in [1.807, 2.05) is 37.4 Å². The Morgan fingerprint density at radius 2 is 1.92 bits per heavy atom. The van der Waals surface area contributed by atoms with Crippen molar-refractivity contribution in [1.82, 2.24) is 0 Å². The molecule has 3 nitrogen and oxygen atoms in total. The van der Waals surface area contributed by atoms with Crippen LogP contribution in [0.2, 0.25) is 10.0 Å². The number of phenols is 1. The van der Waals surface area contributed by atoms with Gasteiger partial charge in [0.05, 0.1) is 5.02 Å². The average Bonchev–Trinajstić information content (AvgIpc) is 2.58. The van der Waals surface area contributed by atoms with E-state index >= 15 is 0 Å². The largest absolute Gasteiger partial charge is 0.506 e. The maximum absolute atomic E-state index is 9.99. The molecule has 0 radical (unpaired) electrons. The Balaban J connectivity index is 2.67. The Hall–Kier alpha value is -1.55. The van der Waals surface area contributed by atoms with Crippen LogP contribution < -0.4 is 5.73 Å². The summed E-state index contributed by atoms with van der Waals surface area (Å²) in [5.41, 5.74) is 7.01. The Kier molecular flexibility index (Phi) is 11.0. The number of nitrogens with two attached hydrogens (primary N) is 1. The van der Waals surface area contributed by atoms with Gasteiger partial charge < -0.3 is 10.8 Å². The number of benzene rings is 1. The number of aromatic hydroxyl groups is 1. The van der Waals surface area contributed by atoms with Crippen molar-refractivity contribution < 1.29 is 5.11 Å². The van der Waals surface area contributed by atoms with Gasteiger partial charge in [-0.2, -0.15) is 0 Å². The second-order valence-corrected chi connectivity index (χ2v) is 6.43. The van der Waals surface area contributed by atoms with Crippen LogP contribution in [0.5, 0.6) is 5.75 Å². The van der Waals surface area contributed by atoms with Crippen LogP contribution in [-0.4, -0.2) is 24.4 Å². The molecule has 0 atom stereocenters. The predicted octanol–water partition coefficient (Wildman–Crippen LogP) is 5.80. The van der Waals surface area contributed by atoms with E-state index in [9.17, 15) is 5.11 Å². The smallest absolute Gasteiger partial charge is 0.141 e. The Morgan fingerprint density at radius 3 is 2.64 bits per heavy atom. The van der Waals surface area contributed by atoms with E-state index in [1.54, 1.807) is 12.1 Å². The number of hydrogen-bond acceptors (Lipinski definition) is 3. The summed E-state index contributed by atoms with van der Waals surface area (Å²) in [6, 6.07) is 3.18. The third-order valence-electron chi connectivity index (χ3n) is 3.49. The van der Waals surface area contributed by atoms with Gasteiger partial charge in [-0.1, -0.05) is 60.3 Å². The van der Waals surface area contributed by atoms with Crippen molar-refractivity contribution in [3.63, 3.8) is 0 Å². The quantitative estimate of drug-likeness (QED) is 0.305. The molecule has 136 valence electrons. The Morgan fingerprint density at radius 1 is 1.16 bits per heavy atom. The molecular weight excluding hydrogens is 355 g/mol. The van der Waals surface area contributed by atoms with Crippen LogP contribution in [-0.2, 0) is 0 Å². The maximum Gasteiger partial charge on any atom is 0.141 e. The second kappa shape index (κ2) is 12.8. The highest BCUT2D eigenvalue weighted by Gasteiger charge is 2.05. The fourth-order valence-electron chi connectivity index (χ4n) is 2.17. The highest BCUT2D eigenvalue weighted by Crippen LogP contribution is 2.32. The molecule has 0 aliphatic rings. The van der Waals surface area contributed by atoms with E-state index in [1.165, 1.54) is 12.5 Å². The summed E-state index contributed by atoms with van der Waals surface area (Å²) in [4.78, 5) is 4.40. The average molecular weight is 381 g/mol. The van der Waals surface area contributed by atoms with E-state index in [0.29, 0.717) is 10.6 Å². The molecule has 0 aromatic heterocycles. The molecule has 0 heterocycles. The zero-order valence-electron chi connectivity index (χ0n) is 14.6. The summed E-state index contributed by atoms with van der Waals surface area (Å²) in [5.74, 6) is 0.0216. The molecule has 3 N–H and O–H groups in total. The van der Waals surface area contributed by atoms with E-state index < -0.39 is 0 Å². The first-order valence-electron chi connectivity index (χ1n) is 8.47. The van der Waals surface area contributed by atoms with E-state index in [4.69, 9.17) is 28.9 Å². The molecule has 0 spiro atoms. The highest BCUT2D eigenvalue weighted by molar-refractivity contribution is 6.35. The summed E-state index contributed by atoms with van der Waals surface area (Å²) < 4.78 is 0. The molecule has 0 fully saturated rings. The maximum atomic E-state index is 9.99. The fraction of sp³-hybridized carbons (Fsp3) is 0.350. The lowest BCUT2D eigenvalue weighted by atomic mass is 10.1. The first-order chi connectivity index (χ1) is 12.1. The highest BCUT2D eigenvalue weighted by atomic mass is 35.5. The molecule has 0 aliphatic carbocycles. The van der Waals surface area contributed by atoms with Crippen LogP contribution in [0.15, 0.2) is 47.0 Å². The molecule has 25 heavy (non-hydrogen) atoms. The van der Waals surface area contributed by atoms with Crippen molar-refractivity contribution in [2.75, 3.05) is 13.1 Å². The number of phenolic OH excluding ortho intramolecular Hbond substituents is 1. The lowest BCUT2D eigenvalue weighted by Crippen LogP contribution is -1.97. The third kappa shape index (κ3) is 8.92. The summed E-state index contributed by atoms with van der Waals surface area (Å²) >= 11 is 11.9. The normalized spacial score (nSPS) is 12.9. The molecular formula is C20H26Cl2N2O. The number of unbranched alkanes of at least 4 members (excludes halogenated alkanes) is 3. The van der Waals surface area contributed by atoms with Gasteiger partial charge in [0.1, 0.15) is 5.75 Å². The summed E-state index contributed by atoms with van der Waals surface area (Å²) in [6.45, 7) is 3.53. The van der Waals surface area contributed by atoms with Gasteiger partial charge in [-0.25, -0.2) is 0 Å². The first-order valence-corrected chi connectivity index (χ1v) is 9.23. The molecule has 0 saturated heterocycles. The predicted molar refractivity (Wildman–Crippen MR) is 111 cm³/mol. The van der Waals surface area contributed by atoms with Crippen molar-refractivity contribution in [3.05, 3.63) is 57.6 Å². The van der Waals surface area contributed by atoms with Crippen LogP contribution >= 0.6 is 23.2 Å². The van der Waals surface area contributed by atoms with Gasteiger partial charge in [-0.3, -0.25) is 4.99 Å². The van der Waals surface area contributed by atoms with Crippen LogP contribution in [0.1, 0.15) is 38.2 Å². The topological polar surface area (TPSA) is 58.6 Å². The van der Waals surface area contributed by atoms with Crippen LogP contribution in [0.3, 0.4) is 0 Å². The lowest BCUT2D eigenvalue weighted by molar-refractivity contribution is 0.474. The van der Waals surface area contributed by atoms with Crippen molar-refractivity contribution in [2.45, 2.75) is 32.6 Å². The van der Waals surface area contributed by atoms with Crippen LogP contribution in [0.25, 0.3) is 6.08 Å². The molecule has 0 aliphatic heterocycles. The molecule has 0 bridgehead atoms. The fourth-order valence-corrected chi connectivity index (χ4v) is 2.68. The molecule has 1 aromatic rings. The summed E-state index contributed by atoms with van der Waals surface area (Å²) in [6.07, 6.45) is 15.8. The number of halogens is 2. The van der Waals surface area contributed by atoms with Crippen molar-refractivity contribution in [1.29, 1.82) is 0 Å². The van der Waals surface area contributed by atoms with Gasteiger partial charge in [0.15, 0.2) is 0 Å². The first kappa shape index (κ1) is 21.5. The Labute approximate surface area is 160 Å². The van der Waals surface area contributed by atoms with Gasteiger partial charge in [-0.05, 0) is 50.1 Å². The van der Waals surface area contributed by atoms with Gasteiger partial charge >= 0.3 is 0 Å². The molecule has 5 heteroatoms. The zero-order chi connectivity index (χ0) is 18.5. The minimum atomic E-state index is 0.0216. The summed E-state index contributed by atoms with van der Waals surface area (Å²) in [7, 11) is 0. The summed E-state index contributed by atoms with van der Waals surface area (Å²) in [5, 5.41) is 10.7. The number of rotatable bonds is 10. The van der Waals surface area contributed by atoms with Gasteiger partial charge in [0.2, 0.25) is 0 Å². The zero-order valence-corrected chi connectivity index (χ0v) is 16.1. The van der Waals surface area contributed by atoms with Gasteiger partial charge in [0, 0.05) is 23.3 Å². The SMILES string of the molecule is C\C=C/C(/C=C/c1cc(Cl)cc(Cl)c1O)=C\C=N\CCCCCCN. The molecule has 0 amide bonds. The van der Waals surface area contributed by atoms with E-state index in [-0.39, 0.29) is 10.8 Å². The Bertz CT molecular complexity index is 649. The molecule has 0 unspecified atom stereocenters. The van der Waals surface area contributed by atoms with E-state index in [0.717, 1.165) is 37.9 Å². The number of allylic oxidation sites excluding steroid dienone is 5. The minimum absolute atomic E-state index is 0.0216. The van der Waals surface area contributed by atoms with E-state index in [2.05, 4.69) is 4.99 Å². The van der Waals surface area contributed by atoms with Crippen molar-refractivity contribution >= 4 is 35.5 Å². The van der Waals surface area contributed by atoms with Crippen LogP contribution in [0.4, 0.5) is 0 Å². The van der Waals surface area contributed by atoms with Gasteiger partial charge in [-0.15, -0.1) is 0 Å². The lowest BCUT2D eigenvalue weighted by Gasteiger charge is -2.02. The van der Waals surface area contributed by atoms with Gasteiger partial charge in [0.25, 0.3) is 0 Å². The molecule has 1 aromatic carbocycles. The molecule has 0 saturated carbocycles. The van der Waals surface area contributed by atoms with Crippen molar-refractivity contribution in [3.8, 4) is 5.75 Å². The number of nitrogens with zero attached hydrogens (tertiary/aromatic N) is 1. The minimum Gasteiger partial charge on any atom is -0.506 e. The van der Waals surface area contributed by atoms with Crippen LogP contribution in [0, 0.1) is 0 Å². The van der Waals surface area contributed by atoms with Crippen molar-refractivity contribution in [2.24, 2.45) is 10.7 Å². The standard InChI is InChI=1S/C20H26Cl2N2O/c1-2-7-16(10-13-24-12-6-4-3-5-11-23)8-9-17-14-18(21)15-19(22)20(17)25/h2,7-10,13-15,25H,3-6,11-12,23H2,1H3/b7-2-,9-8+,16-10+,24-13+. The monoisotopic (exact) mass is 380 g/mol.